The van der Waals surface area contributed by atoms with E-state index in [1.54, 1.807) is 6.07 Å². The molecule has 1 saturated heterocycles. The van der Waals surface area contributed by atoms with Gasteiger partial charge in [-0.15, -0.1) is 12.4 Å². The molecular formula is C20H24ClN3O2. The lowest BCUT2D eigenvalue weighted by molar-refractivity contribution is -0.135. The monoisotopic (exact) mass is 373 g/mol. The molecule has 0 aliphatic carbocycles. The first-order valence-corrected chi connectivity index (χ1v) is 8.90. The summed E-state index contributed by atoms with van der Waals surface area (Å²) in [6.07, 6.45) is 1.60. The molecule has 2 aliphatic rings. The Balaban J connectivity index is 0.00000196. The average molecular weight is 374 g/mol. The number of hydrogen-bond acceptors (Lipinski definition) is 3. The van der Waals surface area contributed by atoms with E-state index >= 15 is 0 Å². The lowest BCUT2D eigenvalue weighted by Crippen LogP contribution is -2.53. The van der Waals surface area contributed by atoms with Gasteiger partial charge in [-0.05, 0) is 30.4 Å². The van der Waals surface area contributed by atoms with Crippen LogP contribution < -0.4 is 11.3 Å². The van der Waals surface area contributed by atoms with Gasteiger partial charge in [0, 0.05) is 37.3 Å². The van der Waals surface area contributed by atoms with Crippen LogP contribution in [0.3, 0.4) is 0 Å². The molecule has 1 aromatic heterocycles. The molecule has 4 rings (SSSR count). The quantitative estimate of drug-likeness (QED) is 0.891. The fraction of sp³-hybridized carbons (Fsp3) is 0.400. The first kappa shape index (κ1) is 18.7. The lowest BCUT2D eigenvalue weighted by atomic mass is 9.83. The molecule has 0 saturated carbocycles. The maximum absolute atomic E-state index is 12.8. The number of halogens is 1. The van der Waals surface area contributed by atoms with Crippen LogP contribution in [0.2, 0.25) is 0 Å². The van der Waals surface area contributed by atoms with Crippen molar-refractivity contribution in [2.24, 2.45) is 11.7 Å². The van der Waals surface area contributed by atoms with Crippen molar-refractivity contribution in [1.82, 2.24) is 9.47 Å². The van der Waals surface area contributed by atoms with Crippen molar-refractivity contribution >= 4 is 18.3 Å². The zero-order valence-corrected chi connectivity index (χ0v) is 15.4. The van der Waals surface area contributed by atoms with Crippen molar-refractivity contribution in [3.05, 3.63) is 70.1 Å². The Hall–Kier alpha value is -2.11. The molecule has 1 aromatic carbocycles. The Morgan fingerprint density at radius 2 is 1.85 bits per heavy atom. The van der Waals surface area contributed by atoms with Crippen molar-refractivity contribution in [1.29, 1.82) is 0 Å². The molecule has 6 heteroatoms. The predicted octanol–water partition coefficient (Wildman–Crippen LogP) is 1.79. The van der Waals surface area contributed by atoms with Gasteiger partial charge in [0.2, 0.25) is 5.91 Å². The van der Waals surface area contributed by atoms with E-state index in [0.717, 1.165) is 17.7 Å². The molecule has 3 atom stereocenters. The molecule has 0 radical (unpaired) electrons. The number of carbonyl (C=O) groups excluding carboxylic acids is 1. The lowest BCUT2D eigenvalue weighted by Gasteiger charge is -2.43. The second kappa shape index (κ2) is 7.64. The van der Waals surface area contributed by atoms with Gasteiger partial charge in [-0.3, -0.25) is 9.59 Å². The van der Waals surface area contributed by atoms with Crippen LogP contribution in [-0.2, 0) is 17.8 Å². The zero-order chi connectivity index (χ0) is 17.4. The molecule has 2 bridgehead atoms. The van der Waals surface area contributed by atoms with Crippen molar-refractivity contribution in [2.45, 2.75) is 31.3 Å². The second-order valence-corrected chi connectivity index (χ2v) is 7.24. The zero-order valence-electron chi connectivity index (χ0n) is 14.6. The summed E-state index contributed by atoms with van der Waals surface area (Å²) in [4.78, 5) is 26.8. The summed E-state index contributed by atoms with van der Waals surface area (Å²) >= 11 is 0. The van der Waals surface area contributed by atoms with Gasteiger partial charge in [0.05, 0.1) is 6.04 Å². The Kier molecular flexibility index (Phi) is 5.49. The topological polar surface area (TPSA) is 68.3 Å². The molecule has 0 spiro atoms. The highest BCUT2D eigenvalue weighted by molar-refractivity contribution is 5.85. The number of likely N-dealkylation sites (tertiary alicyclic amines) is 1. The Morgan fingerprint density at radius 3 is 2.62 bits per heavy atom. The van der Waals surface area contributed by atoms with Crippen LogP contribution in [0.5, 0.6) is 0 Å². The molecule has 2 aromatic rings. The van der Waals surface area contributed by atoms with E-state index in [9.17, 15) is 9.59 Å². The highest BCUT2D eigenvalue weighted by Gasteiger charge is 2.37. The largest absolute Gasteiger partial charge is 0.340 e. The number of aromatic nitrogens is 1. The molecule has 2 aliphatic heterocycles. The van der Waals surface area contributed by atoms with Crippen LogP contribution in [0, 0.1) is 5.92 Å². The van der Waals surface area contributed by atoms with Gasteiger partial charge < -0.3 is 15.2 Å². The molecule has 26 heavy (non-hydrogen) atoms. The van der Waals surface area contributed by atoms with Crippen molar-refractivity contribution < 1.29 is 4.79 Å². The SMILES string of the molecule is Cl.NC(Cc1ccccc1)C(=O)N1CC2CC(C1)c1cccc(=O)n1C2. The van der Waals surface area contributed by atoms with Crippen LogP contribution >= 0.6 is 12.4 Å². The minimum Gasteiger partial charge on any atom is -0.340 e. The standard InChI is InChI=1S/C20H23N3O2.ClH/c21-17(10-14-5-2-1-3-6-14)20(25)22-11-15-9-16(13-22)18-7-4-8-19(24)23(18)12-15;/h1-8,15-17H,9-13,21H2;1H. The number of amides is 1. The minimum absolute atomic E-state index is 0. The number of pyridine rings is 1. The number of nitrogens with two attached hydrogens (primary N) is 1. The summed E-state index contributed by atoms with van der Waals surface area (Å²) in [6, 6.07) is 14.8. The van der Waals surface area contributed by atoms with Crippen LogP contribution in [0.1, 0.15) is 23.6 Å². The summed E-state index contributed by atoms with van der Waals surface area (Å²) in [5, 5.41) is 0. The fourth-order valence-electron chi connectivity index (χ4n) is 4.27. The summed E-state index contributed by atoms with van der Waals surface area (Å²) in [7, 11) is 0. The van der Waals surface area contributed by atoms with Crippen LogP contribution in [0.15, 0.2) is 53.3 Å². The number of piperidine rings is 1. The number of carbonyl (C=O) groups is 1. The minimum atomic E-state index is -0.515. The van der Waals surface area contributed by atoms with Gasteiger partial charge in [0.15, 0.2) is 0 Å². The van der Waals surface area contributed by atoms with Crippen LogP contribution in [-0.4, -0.2) is 34.5 Å². The summed E-state index contributed by atoms with van der Waals surface area (Å²) in [6.45, 7) is 2.04. The normalized spacial score (nSPS) is 22.1. The molecule has 5 nitrogen and oxygen atoms in total. The van der Waals surface area contributed by atoms with Gasteiger partial charge in [-0.2, -0.15) is 0 Å². The van der Waals surface area contributed by atoms with Gasteiger partial charge >= 0.3 is 0 Å². The van der Waals surface area contributed by atoms with Crippen LogP contribution in [0.25, 0.3) is 0 Å². The predicted molar refractivity (Wildman–Crippen MR) is 103 cm³/mol. The summed E-state index contributed by atoms with van der Waals surface area (Å²) in [5.41, 5.74) is 8.40. The van der Waals surface area contributed by atoms with Gasteiger partial charge in [0.25, 0.3) is 5.56 Å². The third kappa shape index (κ3) is 3.55. The Morgan fingerprint density at radius 1 is 1.08 bits per heavy atom. The summed E-state index contributed by atoms with van der Waals surface area (Å²) in [5.74, 6) is 0.582. The molecule has 138 valence electrons. The Labute approximate surface area is 159 Å². The first-order chi connectivity index (χ1) is 12.1. The molecule has 1 fully saturated rings. The number of nitrogens with zero attached hydrogens (tertiary/aromatic N) is 2. The maximum atomic E-state index is 12.8. The van der Waals surface area contributed by atoms with Crippen molar-refractivity contribution in [3.63, 3.8) is 0 Å². The number of rotatable bonds is 3. The molecule has 1 amide bonds. The maximum Gasteiger partial charge on any atom is 0.250 e. The van der Waals surface area contributed by atoms with Gasteiger partial charge in [-0.25, -0.2) is 0 Å². The van der Waals surface area contributed by atoms with E-state index in [2.05, 4.69) is 0 Å². The van der Waals surface area contributed by atoms with Crippen LogP contribution in [0.4, 0.5) is 0 Å². The first-order valence-electron chi connectivity index (χ1n) is 8.90. The second-order valence-electron chi connectivity index (χ2n) is 7.24. The van der Waals surface area contributed by atoms with Crippen molar-refractivity contribution in [2.75, 3.05) is 13.1 Å². The van der Waals surface area contributed by atoms with E-state index in [4.69, 9.17) is 5.73 Å². The smallest absolute Gasteiger partial charge is 0.250 e. The van der Waals surface area contributed by atoms with Gasteiger partial charge in [0.1, 0.15) is 0 Å². The summed E-state index contributed by atoms with van der Waals surface area (Å²) < 4.78 is 1.88. The number of benzene rings is 1. The van der Waals surface area contributed by atoms with E-state index in [0.29, 0.717) is 32.0 Å². The highest BCUT2D eigenvalue weighted by atomic mass is 35.5. The third-order valence-electron chi connectivity index (χ3n) is 5.41. The third-order valence-corrected chi connectivity index (χ3v) is 5.41. The average Bonchev–Trinajstić information content (AvgIpc) is 2.63. The molecule has 3 unspecified atom stereocenters. The Bertz CT molecular complexity index is 836. The molecular weight excluding hydrogens is 350 g/mol. The van der Waals surface area contributed by atoms with E-state index < -0.39 is 6.04 Å². The van der Waals surface area contributed by atoms with E-state index in [-0.39, 0.29) is 29.8 Å². The highest BCUT2D eigenvalue weighted by Crippen LogP contribution is 2.35. The molecule has 2 N–H and O–H groups in total. The van der Waals surface area contributed by atoms with Gasteiger partial charge in [-0.1, -0.05) is 36.4 Å². The van der Waals surface area contributed by atoms with Crippen molar-refractivity contribution in [3.8, 4) is 0 Å². The number of hydrogen-bond donors (Lipinski definition) is 1. The van der Waals surface area contributed by atoms with E-state index in [1.807, 2.05) is 51.9 Å². The van der Waals surface area contributed by atoms with E-state index in [1.165, 1.54) is 0 Å². The molecule has 3 heterocycles. The fourth-order valence-corrected chi connectivity index (χ4v) is 4.27. The number of fused-ring (bicyclic) bond motifs is 4.